The van der Waals surface area contributed by atoms with Gasteiger partial charge >= 0.3 is 0 Å². The molecule has 1 saturated heterocycles. The fourth-order valence-corrected chi connectivity index (χ4v) is 2.54. The Balaban J connectivity index is 0.00000289. The van der Waals surface area contributed by atoms with Crippen LogP contribution in [-0.2, 0) is 14.6 Å². The van der Waals surface area contributed by atoms with Crippen LogP contribution in [-0.4, -0.2) is 56.4 Å². The van der Waals surface area contributed by atoms with Gasteiger partial charge in [-0.2, -0.15) is 0 Å². The summed E-state index contributed by atoms with van der Waals surface area (Å²) in [5.74, 6) is -0.261. The molecular weight excluding hydrogens is 276 g/mol. The molecule has 1 rings (SSSR count). The Bertz CT molecular complexity index is 366. The van der Waals surface area contributed by atoms with Gasteiger partial charge in [-0.3, -0.25) is 4.79 Å². The molecule has 0 aromatic heterocycles. The van der Waals surface area contributed by atoms with Gasteiger partial charge in [-0.15, -0.1) is 12.4 Å². The van der Waals surface area contributed by atoms with Gasteiger partial charge in [0.25, 0.3) is 0 Å². The first-order chi connectivity index (χ1) is 7.88. The van der Waals surface area contributed by atoms with Crippen molar-refractivity contribution in [1.82, 2.24) is 10.2 Å². The first-order valence-corrected chi connectivity index (χ1v) is 8.03. The van der Waals surface area contributed by atoms with Crippen LogP contribution in [0.15, 0.2) is 0 Å². The lowest BCUT2D eigenvalue weighted by molar-refractivity contribution is -0.132. The monoisotopic (exact) mass is 298 g/mol. The molecule has 108 valence electrons. The highest BCUT2D eigenvalue weighted by atomic mass is 35.5. The van der Waals surface area contributed by atoms with Crippen molar-refractivity contribution in [3.63, 3.8) is 0 Å². The number of nitrogens with one attached hydrogen (secondary N) is 1. The van der Waals surface area contributed by atoms with E-state index in [2.05, 4.69) is 5.32 Å². The quantitative estimate of drug-likeness (QED) is 0.800. The first-order valence-electron chi connectivity index (χ1n) is 6.08. The van der Waals surface area contributed by atoms with Gasteiger partial charge in [0.15, 0.2) is 9.84 Å². The highest BCUT2D eigenvalue weighted by molar-refractivity contribution is 7.92. The molecule has 18 heavy (non-hydrogen) atoms. The van der Waals surface area contributed by atoms with Crippen molar-refractivity contribution >= 4 is 28.2 Å². The molecule has 1 fully saturated rings. The molecule has 0 aromatic rings. The molecule has 1 heterocycles. The number of carbonyl (C=O) groups is 1. The van der Waals surface area contributed by atoms with Crippen LogP contribution < -0.4 is 5.32 Å². The Morgan fingerprint density at radius 3 is 2.50 bits per heavy atom. The van der Waals surface area contributed by atoms with E-state index in [1.54, 1.807) is 4.90 Å². The molecule has 1 aliphatic heterocycles. The Morgan fingerprint density at radius 2 is 2.11 bits per heavy atom. The van der Waals surface area contributed by atoms with Gasteiger partial charge in [0.05, 0.1) is 0 Å². The van der Waals surface area contributed by atoms with E-state index in [1.165, 1.54) is 6.92 Å². The van der Waals surface area contributed by atoms with Crippen LogP contribution in [0.25, 0.3) is 0 Å². The van der Waals surface area contributed by atoms with Crippen molar-refractivity contribution in [3.05, 3.63) is 0 Å². The molecule has 5 nitrogen and oxygen atoms in total. The third kappa shape index (κ3) is 4.40. The fourth-order valence-electron chi connectivity index (χ4n) is 2.04. The number of hydrogen-bond donors (Lipinski definition) is 1. The van der Waals surface area contributed by atoms with Gasteiger partial charge in [0.1, 0.15) is 5.25 Å². The highest BCUT2D eigenvalue weighted by Crippen LogP contribution is 2.13. The van der Waals surface area contributed by atoms with E-state index in [4.69, 9.17) is 0 Å². The summed E-state index contributed by atoms with van der Waals surface area (Å²) < 4.78 is 22.9. The zero-order valence-corrected chi connectivity index (χ0v) is 12.8. The highest BCUT2D eigenvalue weighted by Gasteiger charge is 2.33. The summed E-state index contributed by atoms with van der Waals surface area (Å²) in [5.41, 5.74) is 0. The van der Waals surface area contributed by atoms with E-state index in [0.29, 0.717) is 6.54 Å². The van der Waals surface area contributed by atoms with E-state index >= 15 is 0 Å². The molecule has 0 saturated carbocycles. The van der Waals surface area contributed by atoms with Crippen LogP contribution >= 0.6 is 12.4 Å². The van der Waals surface area contributed by atoms with Gasteiger partial charge in [-0.1, -0.05) is 6.92 Å². The summed E-state index contributed by atoms with van der Waals surface area (Å²) in [6, 6.07) is 0.145. The smallest absolute Gasteiger partial charge is 0.240 e. The normalized spacial score (nSPS) is 21.2. The third-order valence-corrected chi connectivity index (χ3v) is 4.70. The van der Waals surface area contributed by atoms with Gasteiger partial charge in [-0.25, -0.2) is 8.42 Å². The maximum Gasteiger partial charge on any atom is 0.240 e. The number of sulfone groups is 1. The van der Waals surface area contributed by atoms with Gasteiger partial charge < -0.3 is 10.2 Å². The van der Waals surface area contributed by atoms with E-state index < -0.39 is 15.1 Å². The molecule has 2 unspecified atom stereocenters. The average Bonchev–Trinajstić information content (AvgIpc) is 2.75. The second-order valence-electron chi connectivity index (χ2n) is 4.65. The molecule has 1 aliphatic rings. The van der Waals surface area contributed by atoms with Crippen molar-refractivity contribution in [1.29, 1.82) is 0 Å². The molecule has 0 bridgehead atoms. The SMILES string of the molecule is CCCN(C(=O)C(C)S(C)(=O)=O)C1CCNC1.Cl. The molecule has 1 N–H and O–H groups in total. The largest absolute Gasteiger partial charge is 0.337 e. The molecule has 2 atom stereocenters. The summed E-state index contributed by atoms with van der Waals surface area (Å²) >= 11 is 0. The predicted octanol–water partition coefficient (Wildman–Crippen LogP) is 0.442. The van der Waals surface area contributed by atoms with Crippen molar-refractivity contribution in [2.24, 2.45) is 0 Å². The van der Waals surface area contributed by atoms with Crippen molar-refractivity contribution in [2.45, 2.75) is 38.0 Å². The summed E-state index contributed by atoms with van der Waals surface area (Å²) in [5, 5.41) is 2.26. The Kier molecular flexibility index (Phi) is 7.17. The molecular formula is C11H23ClN2O3S. The van der Waals surface area contributed by atoms with Crippen molar-refractivity contribution in [3.8, 4) is 0 Å². The molecule has 0 aromatic carbocycles. The average molecular weight is 299 g/mol. The second-order valence-corrected chi connectivity index (χ2v) is 7.02. The maximum atomic E-state index is 12.2. The minimum Gasteiger partial charge on any atom is -0.337 e. The summed E-state index contributed by atoms with van der Waals surface area (Å²) in [4.78, 5) is 13.9. The second kappa shape index (κ2) is 7.31. The number of amides is 1. The van der Waals surface area contributed by atoms with Crippen LogP contribution in [0.2, 0.25) is 0 Å². The lowest BCUT2D eigenvalue weighted by Crippen LogP contribution is -2.48. The zero-order valence-electron chi connectivity index (χ0n) is 11.2. The van der Waals surface area contributed by atoms with Crippen LogP contribution in [0, 0.1) is 0 Å². The number of hydrogen-bond acceptors (Lipinski definition) is 4. The lowest BCUT2D eigenvalue weighted by Gasteiger charge is -2.30. The number of rotatable bonds is 5. The number of carbonyl (C=O) groups excluding carboxylic acids is 1. The number of halogens is 1. The van der Waals surface area contributed by atoms with E-state index in [0.717, 1.165) is 32.2 Å². The van der Waals surface area contributed by atoms with E-state index in [9.17, 15) is 13.2 Å². The number of nitrogens with zero attached hydrogens (tertiary/aromatic N) is 1. The van der Waals surface area contributed by atoms with E-state index in [-0.39, 0.29) is 24.4 Å². The van der Waals surface area contributed by atoms with Gasteiger partial charge in [0.2, 0.25) is 5.91 Å². The van der Waals surface area contributed by atoms with Crippen molar-refractivity contribution < 1.29 is 13.2 Å². The maximum absolute atomic E-state index is 12.2. The first kappa shape index (κ1) is 17.7. The Morgan fingerprint density at radius 1 is 1.50 bits per heavy atom. The molecule has 0 spiro atoms. The summed E-state index contributed by atoms with van der Waals surface area (Å²) in [6.45, 7) is 5.76. The van der Waals surface area contributed by atoms with Crippen molar-refractivity contribution in [2.75, 3.05) is 25.9 Å². The topological polar surface area (TPSA) is 66.5 Å². The Hall–Kier alpha value is -0.330. The zero-order chi connectivity index (χ0) is 13.1. The molecule has 7 heteroatoms. The van der Waals surface area contributed by atoms with Crippen LogP contribution in [0.4, 0.5) is 0 Å². The van der Waals surface area contributed by atoms with Gasteiger partial charge in [-0.05, 0) is 26.3 Å². The van der Waals surface area contributed by atoms with Crippen LogP contribution in [0.3, 0.4) is 0 Å². The fraction of sp³-hybridized carbons (Fsp3) is 0.909. The summed E-state index contributed by atoms with van der Waals surface area (Å²) in [7, 11) is -3.31. The Labute approximate surface area is 116 Å². The standard InChI is InChI=1S/C11H22N2O3S.ClH/c1-4-7-13(10-5-6-12-8-10)11(14)9(2)17(3,15)16;/h9-10,12H,4-8H2,1-3H3;1H. The molecule has 1 amide bonds. The minimum absolute atomic E-state index is 0. The molecule has 0 aliphatic carbocycles. The lowest BCUT2D eigenvalue weighted by atomic mass is 10.2. The predicted molar refractivity (Wildman–Crippen MR) is 74.8 cm³/mol. The minimum atomic E-state index is -3.31. The van der Waals surface area contributed by atoms with Crippen LogP contribution in [0.5, 0.6) is 0 Å². The van der Waals surface area contributed by atoms with Gasteiger partial charge in [0, 0.05) is 25.4 Å². The van der Waals surface area contributed by atoms with Crippen LogP contribution in [0.1, 0.15) is 26.7 Å². The summed E-state index contributed by atoms with van der Waals surface area (Å²) in [6.07, 6.45) is 2.87. The van der Waals surface area contributed by atoms with E-state index in [1.807, 2.05) is 6.92 Å². The third-order valence-electron chi connectivity index (χ3n) is 3.21. The molecule has 0 radical (unpaired) electrons.